The molecule has 1 spiro atoms. The van der Waals surface area contributed by atoms with Crippen molar-refractivity contribution >= 4 is 29.1 Å². The molecule has 3 saturated heterocycles. The van der Waals surface area contributed by atoms with Gasteiger partial charge in [0.15, 0.2) is 0 Å². The third kappa shape index (κ3) is 5.19. The van der Waals surface area contributed by atoms with Gasteiger partial charge in [-0.15, -0.1) is 13.2 Å². The smallest absolute Gasteiger partial charge is 0.253 e. The van der Waals surface area contributed by atoms with E-state index in [1.165, 1.54) is 4.90 Å². The van der Waals surface area contributed by atoms with E-state index in [9.17, 15) is 19.5 Å². The monoisotopic (exact) mass is 617 g/mol. The first-order chi connectivity index (χ1) is 21.6. The second kappa shape index (κ2) is 12.7. The van der Waals surface area contributed by atoms with Crippen LogP contribution in [0.5, 0.6) is 11.5 Å². The van der Waals surface area contributed by atoms with Gasteiger partial charge in [-0.1, -0.05) is 19.1 Å². The van der Waals surface area contributed by atoms with E-state index in [-0.39, 0.29) is 49.9 Å². The first-order valence-corrected chi connectivity index (χ1v) is 15.4. The molecule has 3 aliphatic rings. The largest absolute Gasteiger partial charge is 0.497 e. The second-order valence-corrected chi connectivity index (χ2v) is 12.1. The number of likely N-dealkylation sites (tertiary alicyclic amines) is 1. The lowest BCUT2D eigenvalue weighted by atomic mass is 9.62. The summed E-state index contributed by atoms with van der Waals surface area (Å²) in [4.78, 5) is 48.3. The Labute approximate surface area is 264 Å². The maximum Gasteiger partial charge on any atom is 0.253 e. The first kappa shape index (κ1) is 32.2. The van der Waals surface area contributed by atoms with E-state index in [4.69, 9.17) is 14.2 Å². The summed E-state index contributed by atoms with van der Waals surface area (Å²) in [6, 6.07) is 13.2. The van der Waals surface area contributed by atoms with Crippen LogP contribution in [-0.4, -0.2) is 84.9 Å². The molecule has 3 unspecified atom stereocenters. The van der Waals surface area contributed by atoms with Crippen molar-refractivity contribution in [3.05, 3.63) is 73.8 Å². The van der Waals surface area contributed by atoms with Crippen LogP contribution in [0.4, 0.5) is 11.4 Å². The molecule has 3 fully saturated rings. The molecule has 240 valence electrons. The maximum atomic E-state index is 14.7. The molecule has 0 radical (unpaired) electrons. The van der Waals surface area contributed by atoms with Crippen LogP contribution in [0.25, 0.3) is 0 Å². The van der Waals surface area contributed by atoms with Gasteiger partial charge in [-0.05, 0) is 74.7 Å². The first-order valence-electron chi connectivity index (χ1n) is 15.4. The third-order valence-electron chi connectivity index (χ3n) is 9.65. The summed E-state index contributed by atoms with van der Waals surface area (Å²) in [6.07, 6.45) is 3.68. The van der Waals surface area contributed by atoms with Crippen molar-refractivity contribution < 1.29 is 33.7 Å². The van der Waals surface area contributed by atoms with Gasteiger partial charge in [0.2, 0.25) is 11.8 Å². The van der Waals surface area contributed by atoms with E-state index in [1.54, 1.807) is 65.5 Å². The van der Waals surface area contributed by atoms with E-state index in [0.29, 0.717) is 35.9 Å². The minimum Gasteiger partial charge on any atom is -0.497 e. The second-order valence-electron chi connectivity index (χ2n) is 12.1. The highest BCUT2D eigenvalue weighted by atomic mass is 16.5. The number of carbonyl (C=O) groups is 3. The molecule has 0 aromatic heterocycles. The van der Waals surface area contributed by atoms with Crippen molar-refractivity contribution in [2.45, 2.75) is 44.4 Å². The molecule has 2 aromatic rings. The van der Waals surface area contributed by atoms with Crippen molar-refractivity contribution in [3.63, 3.8) is 0 Å². The van der Waals surface area contributed by atoms with Crippen LogP contribution in [0.3, 0.4) is 0 Å². The van der Waals surface area contributed by atoms with E-state index < -0.39 is 29.1 Å². The number of hydrogen-bond donors (Lipinski definition) is 1. The summed E-state index contributed by atoms with van der Waals surface area (Å²) in [5, 5.41) is 10.1. The quantitative estimate of drug-likeness (QED) is 0.341. The van der Waals surface area contributed by atoms with Crippen molar-refractivity contribution in [2.24, 2.45) is 17.8 Å². The maximum absolute atomic E-state index is 14.7. The highest BCUT2D eigenvalue weighted by molar-refractivity contribution is 6.07. The van der Waals surface area contributed by atoms with E-state index >= 15 is 0 Å². The number of β-amino-alcohol motifs (C(OH)–C–C–N with tert-alkyl or cyclic N) is 1. The molecule has 3 aliphatic heterocycles. The predicted molar refractivity (Wildman–Crippen MR) is 171 cm³/mol. The van der Waals surface area contributed by atoms with Crippen molar-refractivity contribution in [1.29, 1.82) is 0 Å². The van der Waals surface area contributed by atoms with Gasteiger partial charge in [0.05, 0.1) is 37.8 Å². The summed E-state index contributed by atoms with van der Waals surface area (Å²) >= 11 is 0. The number of carbonyl (C=O) groups excluding carboxylic acids is 3. The molecule has 45 heavy (non-hydrogen) atoms. The minimum absolute atomic E-state index is 0.0668. The normalized spacial score (nSPS) is 28.0. The number of rotatable bonds is 13. The molecule has 5 rings (SSSR count). The van der Waals surface area contributed by atoms with Crippen LogP contribution in [0.15, 0.2) is 73.8 Å². The molecule has 3 heterocycles. The zero-order valence-corrected chi connectivity index (χ0v) is 26.5. The van der Waals surface area contributed by atoms with Gasteiger partial charge in [0.1, 0.15) is 23.1 Å². The fourth-order valence-corrected chi connectivity index (χ4v) is 7.61. The standard InChI is InChI=1S/C35H43N3O7/c1-7-18-36(24-12-16-27(17-13-24)44-9-3)31(40)28-29-32(41)38(20-21-39)30(35(29)22-23(4)34(28,5)45-35)33(42)37(19-8-2)25-10-14-26(43-6)15-11-25/h7-8,10-17,23,28-30,39H,1-2,9,18-22H2,3-6H3/t23?,28-,29-,30?,34+,35?/m0/s1. The average Bonchev–Trinajstić information content (AvgIpc) is 3.55. The van der Waals surface area contributed by atoms with Gasteiger partial charge in [0, 0.05) is 31.0 Å². The molecule has 0 saturated carbocycles. The summed E-state index contributed by atoms with van der Waals surface area (Å²) in [6.45, 7) is 14.0. The Balaban J connectivity index is 1.57. The number of aliphatic hydroxyl groups excluding tert-OH is 1. The molecule has 3 amide bonds. The Hall–Kier alpha value is -4.15. The van der Waals surface area contributed by atoms with Gasteiger partial charge < -0.3 is 34.0 Å². The number of ether oxygens (including phenoxy) is 3. The van der Waals surface area contributed by atoms with Crippen LogP contribution >= 0.6 is 0 Å². The van der Waals surface area contributed by atoms with Crippen molar-refractivity contribution in [3.8, 4) is 11.5 Å². The van der Waals surface area contributed by atoms with Crippen LogP contribution in [-0.2, 0) is 19.1 Å². The zero-order chi connectivity index (χ0) is 32.5. The zero-order valence-electron chi connectivity index (χ0n) is 26.5. The van der Waals surface area contributed by atoms with Crippen LogP contribution < -0.4 is 19.3 Å². The van der Waals surface area contributed by atoms with Crippen molar-refractivity contribution in [1.82, 2.24) is 4.90 Å². The Morgan fingerprint density at radius 3 is 2.09 bits per heavy atom. The molecule has 10 heteroatoms. The number of hydrogen-bond acceptors (Lipinski definition) is 7. The SMILES string of the molecule is C=CCN(C(=O)C1N(CCO)C(=O)[C@@H]2[C@@H](C(=O)N(CC=C)c3ccc(OCC)cc3)[C@]3(C)OC12CC3C)c1ccc(OC)cc1. The molecule has 10 nitrogen and oxygen atoms in total. The van der Waals surface area contributed by atoms with Gasteiger partial charge in [-0.2, -0.15) is 0 Å². The number of anilines is 2. The molecule has 2 bridgehead atoms. The predicted octanol–water partition coefficient (Wildman–Crippen LogP) is 3.84. The topological polar surface area (TPSA) is 109 Å². The third-order valence-corrected chi connectivity index (χ3v) is 9.65. The minimum atomic E-state index is -1.26. The lowest BCUT2D eigenvalue weighted by Gasteiger charge is -2.39. The van der Waals surface area contributed by atoms with E-state index in [2.05, 4.69) is 13.2 Å². The Morgan fingerprint density at radius 1 is 1.02 bits per heavy atom. The molecule has 6 atom stereocenters. The fraction of sp³-hybridized carbons (Fsp3) is 0.457. The van der Waals surface area contributed by atoms with Crippen LogP contribution in [0.2, 0.25) is 0 Å². The Bertz CT molecular complexity index is 1440. The van der Waals surface area contributed by atoms with Gasteiger partial charge >= 0.3 is 0 Å². The molecule has 0 aliphatic carbocycles. The van der Waals surface area contributed by atoms with Gasteiger partial charge in [0.25, 0.3) is 5.91 Å². The fourth-order valence-electron chi connectivity index (χ4n) is 7.61. The number of amides is 3. The summed E-state index contributed by atoms with van der Waals surface area (Å²) in [5.74, 6) is -1.60. The van der Waals surface area contributed by atoms with Crippen LogP contribution in [0, 0.1) is 17.8 Å². The number of nitrogens with zero attached hydrogens (tertiary/aromatic N) is 3. The molecular formula is C35H43N3O7. The number of methoxy groups -OCH3 is 1. The van der Waals surface area contributed by atoms with E-state index in [1.807, 2.05) is 32.9 Å². The summed E-state index contributed by atoms with van der Waals surface area (Å²) < 4.78 is 17.8. The number of aliphatic hydroxyl groups is 1. The molecule has 1 N–H and O–H groups in total. The number of benzene rings is 2. The lowest BCUT2D eigenvalue weighted by molar-refractivity contribution is -0.146. The highest BCUT2D eigenvalue weighted by Crippen LogP contribution is 2.65. The highest BCUT2D eigenvalue weighted by Gasteiger charge is 2.80. The molecule has 2 aromatic carbocycles. The Kier molecular flexibility index (Phi) is 9.09. The van der Waals surface area contributed by atoms with E-state index in [0.717, 1.165) is 0 Å². The molecular weight excluding hydrogens is 574 g/mol. The summed E-state index contributed by atoms with van der Waals surface area (Å²) in [5.41, 5.74) is -1.03. The average molecular weight is 618 g/mol. The lowest BCUT2D eigenvalue weighted by Crippen LogP contribution is -2.57. The van der Waals surface area contributed by atoms with Gasteiger partial charge in [-0.3, -0.25) is 14.4 Å². The van der Waals surface area contributed by atoms with Crippen molar-refractivity contribution in [2.75, 3.05) is 49.8 Å². The number of fused-ring (bicyclic) bond motifs is 1. The van der Waals surface area contributed by atoms with Crippen LogP contribution in [0.1, 0.15) is 27.2 Å². The van der Waals surface area contributed by atoms with Gasteiger partial charge in [-0.25, -0.2) is 0 Å². The summed E-state index contributed by atoms with van der Waals surface area (Å²) in [7, 11) is 1.57. The Morgan fingerprint density at radius 2 is 1.58 bits per heavy atom.